The Morgan fingerprint density at radius 1 is 1.46 bits per heavy atom. The van der Waals surface area contributed by atoms with Gasteiger partial charge in [0.2, 0.25) is 0 Å². The van der Waals surface area contributed by atoms with E-state index in [-0.39, 0.29) is 0 Å². The van der Waals surface area contributed by atoms with Crippen LogP contribution in [0.4, 0.5) is 0 Å². The Balaban J connectivity index is 2.16. The second-order valence-electron chi connectivity index (χ2n) is 3.41. The smallest absolute Gasteiger partial charge is 0.115 e. The molecule has 1 fully saturated rings. The minimum absolute atomic E-state index is 0.317. The van der Waals surface area contributed by atoms with Crippen LogP contribution in [0.3, 0.4) is 0 Å². The minimum atomic E-state index is 0.317. The predicted molar refractivity (Wildman–Crippen MR) is 55.9 cm³/mol. The molecule has 0 bridgehead atoms. The van der Waals surface area contributed by atoms with Crippen LogP contribution in [0.25, 0.3) is 0 Å². The number of benzene rings is 1. The molecule has 0 aliphatic carbocycles. The van der Waals surface area contributed by atoms with Gasteiger partial charge >= 0.3 is 0 Å². The van der Waals surface area contributed by atoms with Crippen molar-refractivity contribution in [1.29, 1.82) is 0 Å². The summed E-state index contributed by atoms with van der Waals surface area (Å²) in [6, 6.07) is 7.78. The molecule has 70 valence electrons. The van der Waals surface area contributed by atoms with Gasteiger partial charge in [-0.25, -0.2) is 0 Å². The first-order chi connectivity index (χ1) is 6.25. The van der Waals surface area contributed by atoms with Crippen LogP contribution in [0.2, 0.25) is 0 Å². The van der Waals surface area contributed by atoms with E-state index in [1.807, 2.05) is 23.9 Å². The van der Waals surface area contributed by atoms with Crippen LogP contribution in [0.15, 0.2) is 24.3 Å². The van der Waals surface area contributed by atoms with Crippen LogP contribution in [0.1, 0.15) is 17.2 Å². The van der Waals surface area contributed by atoms with Gasteiger partial charge in [0.1, 0.15) is 5.75 Å². The topological polar surface area (TPSA) is 46.2 Å². The second kappa shape index (κ2) is 3.60. The van der Waals surface area contributed by atoms with Crippen molar-refractivity contribution in [3.8, 4) is 5.75 Å². The van der Waals surface area contributed by atoms with Gasteiger partial charge in [-0.1, -0.05) is 12.1 Å². The van der Waals surface area contributed by atoms with Gasteiger partial charge in [0, 0.05) is 17.0 Å². The van der Waals surface area contributed by atoms with E-state index in [0.717, 1.165) is 12.2 Å². The molecule has 1 aliphatic rings. The Morgan fingerprint density at radius 2 is 2.31 bits per heavy atom. The third kappa shape index (κ3) is 1.98. The molecule has 3 heteroatoms. The summed E-state index contributed by atoms with van der Waals surface area (Å²) in [7, 11) is 0. The SMILES string of the molecule is NC1CSC(c2cccc(O)c2)C1. The van der Waals surface area contributed by atoms with Crippen LogP contribution in [0.5, 0.6) is 5.75 Å². The fraction of sp³-hybridized carbons (Fsp3) is 0.400. The minimum Gasteiger partial charge on any atom is -0.508 e. The van der Waals surface area contributed by atoms with Gasteiger partial charge in [-0.05, 0) is 24.1 Å². The molecule has 1 aromatic rings. The van der Waals surface area contributed by atoms with Crippen molar-refractivity contribution < 1.29 is 5.11 Å². The third-order valence-corrected chi connectivity index (χ3v) is 3.76. The lowest BCUT2D eigenvalue weighted by Gasteiger charge is -2.08. The highest BCUT2D eigenvalue weighted by molar-refractivity contribution is 7.99. The number of nitrogens with two attached hydrogens (primary N) is 1. The normalized spacial score (nSPS) is 27.8. The fourth-order valence-corrected chi connectivity index (χ4v) is 2.95. The van der Waals surface area contributed by atoms with Crippen LogP contribution in [0, 0.1) is 0 Å². The second-order valence-corrected chi connectivity index (χ2v) is 4.65. The van der Waals surface area contributed by atoms with Gasteiger partial charge < -0.3 is 10.8 Å². The number of hydrogen-bond acceptors (Lipinski definition) is 3. The molecule has 0 radical (unpaired) electrons. The summed E-state index contributed by atoms with van der Waals surface area (Å²) >= 11 is 1.88. The predicted octanol–water partition coefficient (Wildman–Crippen LogP) is 1.90. The van der Waals surface area contributed by atoms with Crippen molar-refractivity contribution in [3.05, 3.63) is 29.8 Å². The molecule has 0 amide bonds. The quantitative estimate of drug-likeness (QED) is 0.719. The number of aromatic hydroxyl groups is 1. The number of thioether (sulfide) groups is 1. The number of phenols is 1. The highest BCUT2D eigenvalue weighted by Crippen LogP contribution is 2.39. The fourth-order valence-electron chi connectivity index (χ4n) is 1.61. The van der Waals surface area contributed by atoms with E-state index < -0.39 is 0 Å². The first-order valence-electron chi connectivity index (χ1n) is 4.42. The van der Waals surface area contributed by atoms with Gasteiger partial charge in [0.05, 0.1) is 0 Å². The summed E-state index contributed by atoms with van der Waals surface area (Å²) in [5, 5.41) is 9.77. The number of phenolic OH excluding ortho intramolecular Hbond substituents is 1. The Hall–Kier alpha value is -0.670. The lowest BCUT2D eigenvalue weighted by atomic mass is 10.1. The van der Waals surface area contributed by atoms with E-state index >= 15 is 0 Å². The summed E-state index contributed by atoms with van der Waals surface area (Å²) < 4.78 is 0. The number of hydrogen-bond donors (Lipinski definition) is 2. The maximum atomic E-state index is 9.30. The van der Waals surface area contributed by atoms with Crippen LogP contribution in [-0.2, 0) is 0 Å². The van der Waals surface area contributed by atoms with Gasteiger partial charge in [0.25, 0.3) is 0 Å². The van der Waals surface area contributed by atoms with E-state index in [9.17, 15) is 5.11 Å². The van der Waals surface area contributed by atoms with Crippen molar-refractivity contribution >= 4 is 11.8 Å². The van der Waals surface area contributed by atoms with Crippen molar-refractivity contribution in [1.82, 2.24) is 0 Å². The maximum Gasteiger partial charge on any atom is 0.115 e. The van der Waals surface area contributed by atoms with E-state index in [4.69, 9.17) is 5.73 Å². The molecule has 2 rings (SSSR count). The lowest BCUT2D eigenvalue weighted by molar-refractivity contribution is 0.474. The molecule has 0 saturated carbocycles. The molecule has 2 nitrogen and oxygen atoms in total. The lowest BCUT2D eigenvalue weighted by Crippen LogP contribution is -2.17. The maximum absolute atomic E-state index is 9.30. The molecule has 1 saturated heterocycles. The standard InChI is InChI=1S/C10H13NOS/c11-8-5-10(13-6-8)7-2-1-3-9(12)4-7/h1-4,8,10,12H,5-6,11H2. The Bertz CT molecular complexity index is 303. The van der Waals surface area contributed by atoms with Crippen molar-refractivity contribution in [3.63, 3.8) is 0 Å². The average Bonchev–Trinajstić information content (AvgIpc) is 2.52. The van der Waals surface area contributed by atoms with Gasteiger partial charge in [0.15, 0.2) is 0 Å². The highest BCUT2D eigenvalue weighted by atomic mass is 32.2. The van der Waals surface area contributed by atoms with Crippen LogP contribution >= 0.6 is 11.8 Å². The highest BCUT2D eigenvalue weighted by Gasteiger charge is 2.23. The Morgan fingerprint density at radius 3 is 2.92 bits per heavy atom. The van der Waals surface area contributed by atoms with Gasteiger partial charge in [-0.2, -0.15) is 11.8 Å². The van der Waals surface area contributed by atoms with Crippen LogP contribution < -0.4 is 5.73 Å². The zero-order valence-corrected chi connectivity index (χ0v) is 8.13. The van der Waals surface area contributed by atoms with Gasteiger partial charge in [-0.3, -0.25) is 0 Å². The summed E-state index contributed by atoms with van der Waals surface area (Å²) in [5.41, 5.74) is 7.01. The molecular formula is C10H13NOS. The third-order valence-electron chi connectivity index (χ3n) is 2.27. The molecular weight excluding hydrogens is 182 g/mol. The zero-order valence-electron chi connectivity index (χ0n) is 7.31. The molecule has 1 aromatic carbocycles. The molecule has 2 unspecified atom stereocenters. The van der Waals surface area contributed by atoms with E-state index in [2.05, 4.69) is 6.07 Å². The van der Waals surface area contributed by atoms with E-state index in [1.54, 1.807) is 6.07 Å². The van der Waals surface area contributed by atoms with Crippen molar-refractivity contribution in [2.75, 3.05) is 5.75 Å². The van der Waals surface area contributed by atoms with Crippen molar-refractivity contribution in [2.24, 2.45) is 5.73 Å². The summed E-state index contributed by atoms with van der Waals surface area (Å²) in [4.78, 5) is 0. The molecule has 13 heavy (non-hydrogen) atoms. The Kier molecular flexibility index (Phi) is 2.47. The first-order valence-corrected chi connectivity index (χ1v) is 5.46. The van der Waals surface area contributed by atoms with Gasteiger partial charge in [-0.15, -0.1) is 0 Å². The average molecular weight is 195 g/mol. The van der Waals surface area contributed by atoms with E-state index in [1.165, 1.54) is 5.56 Å². The largest absolute Gasteiger partial charge is 0.508 e. The summed E-state index contributed by atoms with van der Waals surface area (Å²) in [6.45, 7) is 0. The molecule has 0 spiro atoms. The molecule has 3 N–H and O–H groups in total. The number of rotatable bonds is 1. The summed E-state index contributed by atoms with van der Waals surface area (Å²) in [5.74, 6) is 1.37. The zero-order chi connectivity index (χ0) is 9.26. The van der Waals surface area contributed by atoms with Crippen molar-refractivity contribution in [2.45, 2.75) is 17.7 Å². The molecule has 0 aromatic heterocycles. The molecule has 1 aliphatic heterocycles. The Labute approximate surface area is 82.1 Å². The molecule has 2 atom stereocenters. The van der Waals surface area contributed by atoms with Crippen LogP contribution in [-0.4, -0.2) is 16.9 Å². The van der Waals surface area contributed by atoms with E-state index in [0.29, 0.717) is 17.0 Å². The molecule has 1 heterocycles. The summed E-state index contributed by atoms with van der Waals surface area (Å²) in [6.07, 6.45) is 1.02. The first kappa shape index (κ1) is 8.91. The monoisotopic (exact) mass is 195 g/mol.